The van der Waals surface area contributed by atoms with Gasteiger partial charge >= 0.3 is 0 Å². The number of hydrogen-bond acceptors (Lipinski definition) is 1. The standard InChI is InChI=1S/C16H17F2N/c1-11-3-6-14(9-16(11)18)12(2)19-10-13-4-7-15(17)8-5-13/h3-9,12,19H,10H2,1-2H3. The second-order valence-electron chi connectivity index (χ2n) is 4.74. The number of rotatable bonds is 4. The van der Waals surface area contributed by atoms with Gasteiger partial charge in [-0.2, -0.15) is 0 Å². The molecule has 0 saturated heterocycles. The Morgan fingerprint density at radius 3 is 2.37 bits per heavy atom. The maximum Gasteiger partial charge on any atom is 0.126 e. The van der Waals surface area contributed by atoms with Crippen LogP contribution < -0.4 is 5.32 Å². The van der Waals surface area contributed by atoms with E-state index in [4.69, 9.17) is 0 Å². The molecular formula is C16H17F2N. The molecule has 0 radical (unpaired) electrons. The molecule has 0 saturated carbocycles. The number of aryl methyl sites for hydroxylation is 1. The Labute approximate surface area is 112 Å². The van der Waals surface area contributed by atoms with Crippen LogP contribution in [0.1, 0.15) is 29.7 Å². The average molecular weight is 261 g/mol. The van der Waals surface area contributed by atoms with Gasteiger partial charge in [-0.25, -0.2) is 8.78 Å². The van der Waals surface area contributed by atoms with E-state index in [-0.39, 0.29) is 17.7 Å². The molecule has 0 aliphatic carbocycles. The molecule has 0 aliphatic rings. The van der Waals surface area contributed by atoms with E-state index in [0.717, 1.165) is 11.1 Å². The molecule has 19 heavy (non-hydrogen) atoms. The van der Waals surface area contributed by atoms with E-state index in [9.17, 15) is 8.78 Å². The molecule has 1 nitrogen and oxygen atoms in total. The summed E-state index contributed by atoms with van der Waals surface area (Å²) in [6, 6.07) is 11.6. The van der Waals surface area contributed by atoms with Gasteiger partial charge in [0.1, 0.15) is 11.6 Å². The third kappa shape index (κ3) is 3.61. The van der Waals surface area contributed by atoms with Crippen molar-refractivity contribution in [2.24, 2.45) is 0 Å². The molecule has 2 rings (SSSR count). The van der Waals surface area contributed by atoms with E-state index in [2.05, 4.69) is 5.32 Å². The number of hydrogen-bond donors (Lipinski definition) is 1. The normalized spacial score (nSPS) is 12.4. The maximum absolute atomic E-state index is 13.5. The van der Waals surface area contributed by atoms with Gasteiger partial charge in [0, 0.05) is 12.6 Å². The highest BCUT2D eigenvalue weighted by Gasteiger charge is 2.07. The third-order valence-corrected chi connectivity index (χ3v) is 3.22. The summed E-state index contributed by atoms with van der Waals surface area (Å²) < 4.78 is 26.2. The molecule has 100 valence electrons. The fourth-order valence-electron chi connectivity index (χ4n) is 1.87. The molecule has 3 heteroatoms. The SMILES string of the molecule is Cc1ccc(C(C)NCc2ccc(F)cc2)cc1F. The summed E-state index contributed by atoms with van der Waals surface area (Å²) in [5.41, 5.74) is 2.56. The highest BCUT2D eigenvalue weighted by atomic mass is 19.1. The summed E-state index contributed by atoms with van der Waals surface area (Å²) in [5, 5.41) is 3.29. The Hall–Kier alpha value is -1.74. The minimum Gasteiger partial charge on any atom is -0.306 e. The second kappa shape index (κ2) is 5.93. The van der Waals surface area contributed by atoms with Crippen molar-refractivity contribution >= 4 is 0 Å². The van der Waals surface area contributed by atoms with Gasteiger partial charge in [0.15, 0.2) is 0 Å². The number of nitrogens with one attached hydrogen (secondary N) is 1. The van der Waals surface area contributed by atoms with E-state index in [1.54, 1.807) is 31.2 Å². The van der Waals surface area contributed by atoms with E-state index < -0.39 is 0 Å². The Kier molecular flexibility index (Phi) is 4.27. The minimum absolute atomic E-state index is 0.0418. The van der Waals surface area contributed by atoms with Crippen LogP contribution in [0.15, 0.2) is 42.5 Å². The maximum atomic E-state index is 13.5. The van der Waals surface area contributed by atoms with E-state index in [1.807, 2.05) is 13.0 Å². The lowest BCUT2D eigenvalue weighted by atomic mass is 10.1. The Morgan fingerprint density at radius 1 is 1.05 bits per heavy atom. The van der Waals surface area contributed by atoms with Gasteiger partial charge in [-0.1, -0.05) is 24.3 Å². The van der Waals surface area contributed by atoms with Crippen molar-refractivity contribution in [1.29, 1.82) is 0 Å². The van der Waals surface area contributed by atoms with Crippen molar-refractivity contribution in [2.75, 3.05) is 0 Å². The van der Waals surface area contributed by atoms with Crippen LogP contribution in [-0.2, 0) is 6.54 Å². The first kappa shape index (κ1) is 13.7. The Balaban J connectivity index is 1.98. The van der Waals surface area contributed by atoms with Crippen molar-refractivity contribution in [3.8, 4) is 0 Å². The molecule has 0 heterocycles. The minimum atomic E-state index is -0.239. The predicted molar refractivity (Wildman–Crippen MR) is 72.8 cm³/mol. The van der Waals surface area contributed by atoms with Gasteiger partial charge in [0.05, 0.1) is 0 Å². The van der Waals surface area contributed by atoms with Gasteiger partial charge < -0.3 is 5.32 Å². The lowest BCUT2D eigenvalue weighted by Crippen LogP contribution is -2.18. The van der Waals surface area contributed by atoms with Gasteiger partial charge in [-0.3, -0.25) is 0 Å². The summed E-state index contributed by atoms with van der Waals surface area (Å²) >= 11 is 0. The van der Waals surface area contributed by atoms with Crippen LogP contribution in [0.5, 0.6) is 0 Å². The molecule has 1 unspecified atom stereocenters. The molecular weight excluding hydrogens is 244 g/mol. The van der Waals surface area contributed by atoms with Crippen molar-refractivity contribution in [3.63, 3.8) is 0 Å². The van der Waals surface area contributed by atoms with Crippen LogP contribution in [-0.4, -0.2) is 0 Å². The number of halogens is 2. The van der Waals surface area contributed by atoms with Crippen LogP contribution in [0.3, 0.4) is 0 Å². The molecule has 0 aromatic heterocycles. The van der Waals surface area contributed by atoms with Gasteiger partial charge in [0.2, 0.25) is 0 Å². The van der Waals surface area contributed by atoms with Crippen molar-refractivity contribution < 1.29 is 8.78 Å². The summed E-state index contributed by atoms with van der Waals surface area (Å²) in [6.45, 7) is 4.35. The average Bonchev–Trinajstić information content (AvgIpc) is 2.41. The fourth-order valence-corrected chi connectivity index (χ4v) is 1.87. The molecule has 2 aromatic rings. The number of benzene rings is 2. The molecule has 2 aromatic carbocycles. The predicted octanol–water partition coefficient (Wildman–Crippen LogP) is 4.12. The summed E-state index contributed by atoms with van der Waals surface area (Å²) in [7, 11) is 0. The van der Waals surface area contributed by atoms with Crippen LogP contribution >= 0.6 is 0 Å². The first-order chi connectivity index (χ1) is 9.06. The molecule has 0 fully saturated rings. The second-order valence-corrected chi connectivity index (χ2v) is 4.74. The lowest BCUT2D eigenvalue weighted by molar-refractivity contribution is 0.562. The highest BCUT2D eigenvalue weighted by Crippen LogP contribution is 2.16. The molecule has 1 N–H and O–H groups in total. The van der Waals surface area contributed by atoms with Gasteiger partial charge in [-0.05, 0) is 48.7 Å². The summed E-state index contributed by atoms with van der Waals surface area (Å²) in [6.07, 6.45) is 0. The summed E-state index contributed by atoms with van der Waals surface area (Å²) in [5.74, 6) is -0.426. The third-order valence-electron chi connectivity index (χ3n) is 3.22. The first-order valence-corrected chi connectivity index (χ1v) is 6.30. The fraction of sp³-hybridized carbons (Fsp3) is 0.250. The Morgan fingerprint density at radius 2 is 1.74 bits per heavy atom. The van der Waals surface area contributed by atoms with E-state index in [1.165, 1.54) is 12.1 Å². The topological polar surface area (TPSA) is 12.0 Å². The molecule has 1 atom stereocenters. The lowest BCUT2D eigenvalue weighted by Gasteiger charge is -2.15. The summed E-state index contributed by atoms with van der Waals surface area (Å²) in [4.78, 5) is 0. The van der Waals surface area contributed by atoms with Gasteiger partial charge in [-0.15, -0.1) is 0 Å². The van der Waals surface area contributed by atoms with Crippen molar-refractivity contribution in [2.45, 2.75) is 26.4 Å². The van der Waals surface area contributed by atoms with Crippen LogP contribution in [0.4, 0.5) is 8.78 Å². The zero-order valence-electron chi connectivity index (χ0n) is 11.1. The Bertz CT molecular complexity index is 549. The molecule has 0 aliphatic heterocycles. The smallest absolute Gasteiger partial charge is 0.126 e. The quantitative estimate of drug-likeness (QED) is 0.872. The largest absolute Gasteiger partial charge is 0.306 e. The van der Waals surface area contributed by atoms with Crippen molar-refractivity contribution in [1.82, 2.24) is 5.32 Å². The van der Waals surface area contributed by atoms with Crippen molar-refractivity contribution in [3.05, 3.63) is 70.8 Å². The first-order valence-electron chi connectivity index (χ1n) is 6.30. The monoisotopic (exact) mass is 261 g/mol. The molecule has 0 amide bonds. The van der Waals surface area contributed by atoms with Crippen LogP contribution in [0.25, 0.3) is 0 Å². The van der Waals surface area contributed by atoms with Gasteiger partial charge in [0.25, 0.3) is 0 Å². The zero-order valence-corrected chi connectivity index (χ0v) is 11.1. The van der Waals surface area contributed by atoms with E-state index >= 15 is 0 Å². The van der Waals surface area contributed by atoms with Crippen LogP contribution in [0, 0.1) is 18.6 Å². The highest BCUT2D eigenvalue weighted by molar-refractivity contribution is 5.25. The van der Waals surface area contributed by atoms with Crippen LogP contribution in [0.2, 0.25) is 0 Å². The molecule has 0 spiro atoms. The molecule has 0 bridgehead atoms. The zero-order chi connectivity index (χ0) is 13.8. The van der Waals surface area contributed by atoms with E-state index in [0.29, 0.717) is 12.1 Å².